The van der Waals surface area contributed by atoms with Crippen LogP contribution in [0.25, 0.3) is 0 Å². The molecule has 1 amide bonds. The van der Waals surface area contributed by atoms with Crippen molar-refractivity contribution in [1.29, 1.82) is 0 Å². The van der Waals surface area contributed by atoms with E-state index in [1.54, 1.807) is 0 Å². The quantitative estimate of drug-likeness (QED) is 0.676. The number of amides is 1. The summed E-state index contributed by atoms with van der Waals surface area (Å²) >= 11 is 0. The SMILES string of the molecule is CCC(CC)C(=O)NCCCOC1CCCCC1. The predicted molar refractivity (Wildman–Crippen MR) is 74.5 cm³/mol. The van der Waals surface area contributed by atoms with Crippen LogP contribution in [0, 0.1) is 5.92 Å². The molecule has 0 spiro atoms. The highest BCUT2D eigenvalue weighted by Crippen LogP contribution is 2.20. The fraction of sp³-hybridized carbons (Fsp3) is 0.933. The molecule has 0 radical (unpaired) electrons. The molecule has 1 N–H and O–H groups in total. The van der Waals surface area contributed by atoms with Crippen LogP contribution in [-0.4, -0.2) is 25.2 Å². The van der Waals surface area contributed by atoms with E-state index in [2.05, 4.69) is 19.2 Å². The zero-order valence-electron chi connectivity index (χ0n) is 12.0. The molecule has 1 aliphatic rings. The van der Waals surface area contributed by atoms with Gasteiger partial charge in [-0.05, 0) is 32.1 Å². The van der Waals surface area contributed by atoms with E-state index in [-0.39, 0.29) is 11.8 Å². The lowest BCUT2D eigenvalue weighted by Gasteiger charge is -2.22. The third-order valence-electron chi connectivity index (χ3n) is 3.88. The van der Waals surface area contributed by atoms with Gasteiger partial charge in [0.05, 0.1) is 6.10 Å². The Kier molecular flexibility index (Phi) is 8.06. The summed E-state index contributed by atoms with van der Waals surface area (Å²) < 4.78 is 5.83. The van der Waals surface area contributed by atoms with Gasteiger partial charge < -0.3 is 10.1 Å². The molecule has 0 aromatic heterocycles. The van der Waals surface area contributed by atoms with E-state index in [0.717, 1.165) is 32.4 Å². The minimum Gasteiger partial charge on any atom is -0.378 e. The van der Waals surface area contributed by atoms with Crippen molar-refractivity contribution in [1.82, 2.24) is 5.32 Å². The summed E-state index contributed by atoms with van der Waals surface area (Å²) in [5.74, 6) is 0.391. The Morgan fingerprint density at radius 3 is 2.50 bits per heavy atom. The Bertz CT molecular complexity index is 221. The summed E-state index contributed by atoms with van der Waals surface area (Å²) in [5, 5.41) is 3.00. The van der Waals surface area contributed by atoms with Gasteiger partial charge in [0, 0.05) is 19.1 Å². The number of ether oxygens (including phenoxy) is 1. The molecule has 1 rings (SSSR count). The monoisotopic (exact) mass is 255 g/mol. The first-order chi connectivity index (χ1) is 8.77. The van der Waals surface area contributed by atoms with Crippen molar-refractivity contribution < 1.29 is 9.53 Å². The minimum absolute atomic E-state index is 0.185. The summed E-state index contributed by atoms with van der Waals surface area (Å²) in [5.41, 5.74) is 0. The van der Waals surface area contributed by atoms with Gasteiger partial charge in [0.25, 0.3) is 0 Å². The second kappa shape index (κ2) is 9.37. The molecule has 0 saturated heterocycles. The van der Waals surface area contributed by atoms with E-state index < -0.39 is 0 Å². The summed E-state index contributed by atoms with van der Waals surface area (Å²) in [7, 11) is 0. The average Bonchev–Trinajstić information content (AvgIpc) is 2.41. The summed E-state index contributed by atoms with van der Waals surface area (Å²) in [6, 6.07) is 0. The lowest BCUT2D eigenvalue weighted by molar-refractivity contribution is -0.125. The molecule has 106 valence electrons. The van der Waals surface area contributed by atoms with Gasteiger partial charge in [-0.25, -0.2) is 0 Å². The van der Waals surface area contributed by atoms with Crippen LogP contribution in [0.15, 0.2) is 0 Å². The number of carbonyl (C=O) groups is 1. The molecular formula is C15H29NO2. The molecule has 0 unspecified atom stereocenters. The van der Waals surface area contributed by atoms with Crippen LogP contribution >= 0.6 is 0 Å². The molecule has 18 heavy (non-hydrogen) atoms. The Balaban J connectivity index is 1.99. The molecule has 3 heteroatoms. The smallest absolute Gasteiger partial charge is 0.223 e. The van der Waals surface area contributed by atoms with Gasteiger partial charge in [-0.15, -0.1) is 0 Å². The van der Waals surface area contributed by atoms with Gasteiger partial charge in [-0.1, -0.05) is 33.1 Å². The number of rotatable bonds is 8. The van der Waals surface area contributed by atoms with Gasteiger partial charge in [-0.3, -0.25) is 4.79 Å². The van der Waals surface area contributed by atoms with E-state index in [9.17, 15) is 4.79 Å². The first-order valence-corrected chi connectivity index (χ1v) is 7.67. The first kappa shape index (κ1) is 15.5. The second-order valence-electron chi connectivity index (χ2n) is 5.29. The molecule has 1 saturated carbocycles. The first-order valence-electron chi connectivity index (χ1n) is 7.67. The van der Waals surface area contributed by atoms with Gasteiger partial charge in [0.15, 0.2) is 0 Å². The normalized spacial score (nSPS) is 17.1. The van der Waals surface area contributed by atoms with Crippen LogP contribution in [0.3, 0.4) is 0 Å². The van der Waals surface area contributed by atoms with Crippen LogP contribution in [-0.2, 0) is 9.53 Å². The van der Waals surface area contributed by atoms with Gasteiger partial charge in [-0.2, -0.15) is 0 Å². The Morgan fingerprint density at radius 1 is 1.22 bits per heavy atom. The molecule has 0 aromatic rings. The number of hydrogen-bond acceptors (Lipinski definition) is 2. The highest BCUT2D eigenvalue weighted by molar-refractivity contribution is 5.78. The van der Waals surface area contributed by atoms with Gasteiger partial charge in [0.2, 0.25) is 5.91 Å². The maximum atomic E-state index is 11.7. The lowest BCUT2D eigenvalue weighted by Crippen LogP contribution is -2.31. The fourth-order valence-corrected chi connectivity index (χ4v) is 2.57. The van der Waals surface area contributed by atoms with E-state index in [1.807, 2.05) is 0 Å². The van der Waals surface area contributed by atoms with Crippen molar-refractivity contribution >= 4 is 5.91 Å². The van der Waals surface area contributed by atoms with Crippen molar-refractivity contribution in [2.24, 2.45) is 5.92 Å². The van der Waals surface area contributed by atoms with Crippen LogP contribution < -0.4 is 5.32 Å². The zero-order valence-corrected chi connectivity index (χ0v) is 12.0. The van der Waals surface area contributed by atoms with Crippen LogP contribution in [0.5, 0.6) is 0 Å². The molecule has 0 aliphatic heterocycles. The highest BCUT2D eigenvalue weighted by Gasteiger charge is 2.14. The van der Waals surface area contributed by atoms with Crippen molar-refractivity contribution in [3.63, 3.8) is 0 Å². The van der Waals surface area contributed by atoms with Crippen molar-refractivity contribution in [3.8, 4) is 0 Å². The topological polar surface area (TPSA) is 38.3 Å². The molecule has 1 aliphatic carbocycles. The Morgan fingerprint density at radius 2 is 1.89 bits per heavy atom. The van der Waals surface area contributed by atoms with Crippen molar-refractivity contribution in [3.05, 3.63) is 0 Å². The third kappa shape index (κ3) is 5.85. The lowest BCUT2D eigenvalue weighted by atomic mass is 9.98. The van der Waals surface area contributed by atoms with Crippen molar-refractivity contribution in [2.75, 3.05) is 13.2 Å². The van der Waals surface area contributed by atoms with Gasteiger partial charge in [0.1, 0.15) is 0 Å². The van der Waals surface area contributed by atoms with E-state index in [0.29, 0.717) is 6.10 Å². The van der Waals surface area contributed by atoms with Crippen LogP contribution in [0.2, 0.25) is 0 Å². The van der Waals surface area contributed by atoms with E-state index in [4.69, 9.17) is 4.74 Å². The summed E-state index contributed by atoms with van der Waals surface area (Å²) in [6.45, 7) is 5.68. The van der Waals surface area contributed by atoms with Crippen LogP contribution in [0.4, 0.5) is 0 Å². The maximum absolute atomic E-state index is 11.7. The highest BCUT2D eigenvalue weighted by atomic mass is 16.5. The molecule has 0 heterocycles. The number of carbonyl (C=O) groups excluding carboxylic acids is 1. The molecule has 3 nitrogen and oxygen atoms in total. The van der Waals surface area contributed by atoms with Crippen molar-refractivity contribution in [2.45, 2.75) is 71.3 Å². The molecule has 1 fully saturated rings. The summed E-state index contributed by atoms with van der Waals surface area (Å²) in [4.78, 5) is 11.7. The third-order valence-corrected chi connectivity index (χ3v) is 3.88. The molecular weight excluding hydrogens is 226 g/mol. The zero-order chi connectivity index (χ0) is 13.2. The number of hydrogen-bond donors (Lipinski definition) is 1. The Labute approximate surface area is 112 Å². The molecule has 0 aromatic carbocycles. The Hall–Kier alpha value is -0.570. The minimum atomic E-state index is 0.185. The standard InChI is InChI=1S/C15H29NO2/c1-3-13(4-2)15(17)16-11-8-12-18-14-9-6-5-7-10-14/h13-14H,3-12H2,1-2H3,(H,16,17). The largest absolute Gasteiger partial charge is 0.378 e. The molecule has 0 atom stereocenters. The second-order valence-corrected chi connectivity index (χ2v) is 5.29. The predicted octanol–water partition coefficient (Wildman–Crippen LogP) is 3.28. The molecule has 0 bridgehead atoms. The van der Waals surface area contributed by atoms with Crippen LogP contribution in [0.1, 0.15) is 65.2 Å². The maximum Gasteiger partial charge on any atom is 0.223 e. The van der Waals surface area contributed by atoms with E-state index in [1.165, 1.54) is 32.1 Å². The fourth-order valence-electron chi connectivity index (χ4n) is 2.57. The van der Waals surface area contributed by atoms with Gasteiger partial charge >= 0.3 is 0 Å². The summed E-state index contributed by atoms with van der Waals surface area (Å²) in [6.07, 6.45) is 9.72. The van der Waals surface area contributed by atoms with E-state index >= 15 is 0 Å². The average molecular weight is 255 g/mol. The number of nitrogens with one attached hydrogen (secondary N) is 1.